The van der Waals surface area contributed by atoms with E-state index in [1.807, 2.05) is 36.7 Å². The molecule has 1 aromatic carbocycles. The van der Waals surface area contributed by atoms with Gasteiger partial charge in [0.15, 0.2) is 5.78 Å². The number of nitrogens with zero attached hydrogens (tertiary/aromatic N) is 4. The lowest BCUT2D eigenvalue weighted by atomic mass is 10.0. The van der Waals surface area contributed by atoms with Crippen LogP contribution in [0, 0.1) is 0 Å². The molecule has 4 heterocycles. The number of ketones is 1. The molecule has 1 fully saturated rings. The molecule has 1 aliphatic rings. The summed E-state index contributed by atoms with van der Waals surface area (Å²) in [5.74, 6) is -0.114. The Labute approximate surface area is 253 Å². The van der Waals surface area contributed by atoms with Gasteiger partial charge in [-0.25, -0.2) is 0 Å². The van der Waals surface area contributed by atoms with Gasteiger partial charge in [-0.1, -0.05) is 26.0 Å². The molecule has 0 aliphatic carbocycles. The van der Waals surface area contributed by atoms with E-state index in [4.69, 9.17) is 0 Å². The quantitative estimate of drug-likeness (QED) is 0.141. The second kappa shape index (κ2) is 14.5. The molecule has 0 spiro atoms. The SMILES string of the molecule is CCC(CC)NC(=O)c1ccc(CCCCC(=O)c2n[nH]c3ccc(-c4cncc(CN5CCC(O)CC5)c4)cc23)cn1. The zero-order valence-electron chi connectivity index (χ0n) is 25.2. The van der Waals surface area contributed by atoms with Crippen LogP contribution in [0.2, 0.25) is 0 Å². The van der Waals surface area contributed by atoms with Gasteiger partial charge in [0.25, 0.3) is 5.91 Å². The van der Waals surface area contributed by atoms with E-state index in [1.54, 1.807) is 12.3 Å². The molecule has 9 heteroatoms. The topological polar surface area (TPSA) is 124 Å². The Morgan fingerprint density at radius 3 is 2.56 bits per heavy atom. The van der Waals surface area contributed by atoms with Gasteiger partial charge in [-0.15, -0.1) is 0 Å². The van der Waals surface area contributed by atoms with E-state index in [0.717, 1.165) is 97.7 Å². The van der Waals surface area contributed by atoms with Crippen LogP contribution in [0.1, 0.15) is 90.9 Å². The number of fused-ring (bicyclic) bond motifs is 1. The number of rotatable bonds is 13. The molecule has 3 aromatic heterocycles. The Morgan fingerprint density at radius 1 is 1.00 bits per heavy atom. The van der Waals surface area contributed by atoms with Crippen LogP contribution in [-0.4, -0.2) is 67.1 Å². The van der Waals surface area contributed by atoms with Crippen molar-refractivity contribution in [2.75, 3.05) is 13.1 Å². The molecule has 0 atom stereocenters. The molecule has 1 aliphatic heterocycles. The minimum absolute atomic E-state index is 0.0223. The molecule has 9 nitrogen and oxygen atoms in total. The number of hydrogen-bond donors (Lipinski definition) is 3. The van der Waals surface area contributed by atoms with Gasteiger partial charge < -0.3 is 10.4 Å². The van der Waals surface area contributed by atoms with Crippen molar-refractivity contribution in [1.29, 1.82) is 0 Å². The third kappa shape index (κ3) is 7.91. The second-order valence-corrected chi connectivity index (χ2v) is 11.6. The molecule has 4 aromatic rings. The van der Waals surface area contributed by atoms with Crippen LogP contribution in [0.15, 0.2) is 55.0 Å². The Balaban J connectivity index is 1.16. The van der Waals surface area contributed by atoms with E-state index in [-0.39, 0.29) is 23.8 Å². The average Bonchev–Trinajstić information content (AvgIpc) is 3.47. The van der Waals surface area contributed by atoms with Crippen molar-refractivity contribution >= 4 is 22.6 Å². The number of nitrogens with one attached hydrogen (secondary N) is 2. The summed E-state index contributed by atoms with van der Waals surface area (Å²) in [6.07, 6.45) is 11.5. The maximum atomic E-state index is 13.2. The van der Waals surface area contributed by atoms with Crippen LogP contribution >= 0.6 is 0 Å². The lowest BCUT2D eigenvalue weighted by Gasteiger charge is -2.29. The van der Waals surface area contributed by atoms with Crippen molar-refractivity contribution in [1.82, 2.24) is 30.4 Å². The number of aryl methyl sites for hydroxylation is 1. The molecule has 0 saturated carbocycles. The first-order chi connectivity index (χ1) is 20.9. The van der Waals surface area contributed by atoms with Crippen molar-refractivity contribution < 1.29 is 14.7 Å². The van der Waals surface area contributed by atoms with Crippen molar-refractivity contribution in [3.05, 3.63) is 77.5 Å². The highest BCUT2D eigenvalue weighted by Crippen LogP contribution is 2.27. The maximum Gasteiger partial charge on any atom is 0.270 e. The van der Waals surface area contributed by atoms with Gasteiger partial charge in [-0.05, 0) is 85.9 Å². The van der Waals surface area contributed by atoms with Crippen molar-refractivity contribution in [3.63, 3.8) is 0 Å². The number of hydrogen-bond acceptors (Lipinski definition) is 7. The van der Waals surface area contributed by atoms with Gasteiger partial charge in [0.05, 0.1) is 11.6 Å². The first-order valence-corrected chi connectivity index (χ1v) is 15.5. The fourth-order valence-corrected chi connectivity index (χ4v) is 5.67. The molecule has 226 valence electrons. The van der Waals surface area contributed by atoms with Crippen molar-refractivity contribution in [3.8, 4) is 11.1 Å². The monoisotopic (exact) mass is 582 g/mol. The zero-order valence-corrected chi connectivity index (χ0v) is 25.2. The van der Waals surface area contributed by atoms with Crippen LogP contribution < -0.4 is 5.32 Å². The number of aliphatic hydroxyl groups excluding tert-OH is 1. The van der Waals surface area contributed by atoms with Crippen LogP contribution in [0.5, 0.6) is 0 Å². The number of unbranched alkanes of at least 4 members (excludes halogenated alkanes) is 1. The molecular weight excluding hydrogens is 540 g/mol. The third-order valence-corrected chi connectivity index (χ3v) is 8.42. The summed E-state index contributed by atoms with van der Waals surface area (Å²) in [5.41, 5.74) is 5.92. The maximum absolute atomic E-state index is 13.2. The molecule has 43 heavy (non-hydrogen) atoms. The first kappa shape index (κ1) is 30.5. The van der Waals surface area contributed by atoms with Gasteiger partial charge in [0, 0.05) is 61.6 Å². The molecule has 1 saturated heterocycles. The summed E-state index contributed by atoms with van der Waals surface area (Å²) in [7, 11) is 0. The average molecular weight is 583 g/mol. The Bertz CT molecular complexity index is 1520. The number of carbonyl (C=O) groups excluding carboxylic acids is 2. The molecule has 5 rings (SSSR count). The molecule has 0 radical (unpaired) electrons. The van der Waals surface area contributed by atoms with E-state index in [2.05, 4.69) is 50.3 Å². The fraction of sp³-hybridized carbons (Fsp3) is 0.441. The number of Topliss-reactive ketones (excluding diaryl/α,β-unsaturated/α-hetero) is 1. The predicted molar refractivity (Wildman–Crippen MR) is 168 cm³/mol. The van der Waals surface area contributed by atoms with E-state index < -0.39 is 0 Å². The number of aromatic amines is 1. The van der Waals surface area contributed by atoms with E-state index >= 15 is 0 Å². The highest BCUT2D eigenvalue weighted by atomic mass is 16.3. The minimum atomic E-state index is -0.186. The Kier molecular flexibility index (Phi) is 10.3. The number of aromatic nitrogens is 4. The van der Waals surface area contributed by atoms with Crippen molar-refractivity contribution in [2.24, 2.45) is 0 Å². The Hall–Kier alpha value is -3.95. The summed E-state index contributed by atoms with van der Waals surface area (Å²) < 4.78 is 0. The fourth-order valence-electron chi connectivity index (χ4n) is 5.67. The van der Waals surface area contributed by atoms with Gasteiger partial charge in [-0.3, -0.25) is 29.6 Å². The van der Waals surface area contributed by atoms with Crippen LogP contribution in [-0.2, 0) is 13.0 Å². The lowest BCUT2D eigenvalue weighted by molar-refractivity contribution is 0.0792. The lowest BCUT2D eigenvalue weighted by Crippen LogP contribution is -2.35. The number of H-pyrrole nitrogens is 1. The number of amides is 1. The van der Waals surface area contributed by atoms with Gasteiger partial charge in [0.2, 0.25) is 0 Å². The summed E-state index contributed by atoms with van der Waals surface area (Å²) in [4.78, 5) is 36.7. The molecule has 0 bridgehead atoms. The zero-order chi connectivity index (χ0) is 30.2. The number of likely N-dealkylation sites (tertiary alicyclic amines) is 1. The molecule has 1 amide bonds. The highest BCUT2D eigenvalue weighted by Gasteiger charge is 2.18. The molecular formula is C34H42N6O3. The van der Waals surface area contributed by atoms with Crippen LogP contribution in [0.3, 0.4) is 0 Å². The van der Waals surface area contributed by atoms with Crippen LogP contribution in [0.25, 0.3) is 22.0 Å². The third-order valence-electron chi connectivity index (χ3n) is 8.42. The summed E-state index contributed by atoms with van der Waals surface area (Å²) in [5, 5.41) is 21.0. The summed E-state index contributed by atoms with van der Waals surface area (Å²) >= 11 is 0. The smallest absolute Gasteiger partial charge is 0.270 e. The predicted octanol–water partition coefficient (Wildman–Crippen LogP) is 5.49. The van der Waals surface area contributed by atoms with Crippen molar-refractivity contribution in [2.45, 2.75) is 83.9 Å². The minimum Gasteiger partial charge on any atom is -0.393 e. The molecule has 0 unspecified atom stereocenters. The molecule has 3 N–H and O–H groups in total. The number of pyridine rings is 2. The Morgan fingerprint density at radius 2 is 1.81 bits per heavy atom. The number of aliphatic hydroxyl groups is 1. The van der Waals surface area contributed by atoms with E-state index in [1.165, 1.54) is 0 Å². The number of piperidine rings is 1. The summed E-state index contributed by atoms with van der Waals surface area (Å²) in [6, 6.07) is 12.1. The largest absolute Gasteiger partial charge is 0.393 e. The van der Waals surface area contributed by atoms with Gasteiger partial charge in [-0.2, -0.15) is 5.10 Å². The van der Waals surface area contributed by atoms with Gasteiger partial charge >= 0.3 is 0 Å². The van der Waals surface area contributed by atoms with Gasteiger partial charge in [0.1, 0.15) is 11.4 Å². The second-order valence-electron chi connectivity index (χ2n) is 11.6. The highest BCUT2D eigenvalue weighted by molar-refractivity contribution is 6.06. The first-order valence-electron chi connectivity index (χ1n) is 15.5. The number of benzene rings is 1. The number of carbonyl (C=O) groups is 2. The standard InChI is InChI=1S/C34H42N6O3/c1-3-27(4-2)37-34(43)31-11-9-23(20-36-31)7-5-6-8-32(42)33-29-18-25(10-12-30(29)38-39-33)26-17-24(19-35-21-26)22-40-15-13-28(41)14-16-40/h9-12,17-21,27-28,41H,3-8,13-16,22H2,1-2H3,(H,37,43)(H,38,39). The summed E-state index contributed by atoms with van der Waals surface area (Å²) in [6.45, 7) is 6.70. The van der Waals surface area contributed by atoms with E-state index in [9.17, 15) is 14.7 Å². The normalized spacial score (nSPS) is 14.4. The van der Waals surface area contributed by atoms with E-state index in [0.29, 0.717) is 17.8 Å². The van der Waals surface area contributed by atoms with Crippen LogP contribution in [0.4, 0.5) is 0 Å².